The summed E-state index contributed by atoms with van der Waals surface area (Å²) in [5.41, 5.74) is 1.10. The van der Waals surface area contributed by atoms with Crippen LogP contribution in [0.3, 0.4) is 0 Å². The average Bonchev–Trinajstić information content (AvgIpc) is 2.70. The van der Waals surface area contributed by atoms with Crippen molar-refractivity contribution in [3.8, 4) is 11.5 Å². The number of hydrogen-bond acceptors (Lipinski definition) is 4. The molecule has 1 unspecified atom stereocenters. The second kappa shape index (κ2) is 11.1. The van der Waals surface area contributed by atoms with Crippen LogP contribution in [0.1, 0.15) is 42.7 Å². The average molecular weight is 453 g/mol. The van der Waals surface area contributed by atoms with E-state index in [1.807, 2.05) is 25.1 Å². The molecule has 2 rings (SSSR count). The zero-order valence-corrected chi connectivity index (χ0v) is 18.9. The van der Waals surface area contributed by atoms with Crippen molar-refractivity contribution in [2.24, 2.45) is 5.92 Å². The molecule has 0 heterocycles. The minimum absolute atomic E-state index is 0.186. The summed E-state index contributed by atoms with van der Waals surface area (Å²) in [6.45, 7) is 6.38. The van der Waals surface area contributed by atoms with Crippen molar-refractivity contribution in [1.82, 2.24) is 10.6 Å². The van der Waals surface area contributed by atoms with Gasteiger partial charge in [0.15, 0.2) is 11.5 Å². The Labute approximate surface area is 186 Å². The highest BCUT2D eigenvalue weighted by Gasteiger charge is 2.15. The van der Waals surface area contributed by atoms with Gasteiger partial charge in [0.05, 0.1) is 36.9 Å². The maximum Gasteiger partial charge on any atom is 0.253 e. The van der Waals surface area contributed by atoms with Crippen molar-refractivity contribution in [2.75, 3.05) is 20.3 Å². The van der Waals surface area contributed by atoms with E-state index in [-0.39, 0.29) is 29.1 Å². The van der Waals surface area contributed by atoms with Crippen LogP contribution in [0.25, 0.3) is 0 Å². The van der Waals surface area contributed by atoms with Crippen molar-refractivity contribution in [3.63, 3.8) is 0 Å². The van der Waals surface area contributed by atoms with Gasteiger partial charge in [-0.3, -0.25) is 9.59 Å². The largest absolute Gasteiger partial charge is 0.493 e. The molecule has 0 saturated carbocycles. The molecule has 0 spiro atoms. The normalized spacial score (nSPS) is 11.7. The van der Waals surface area contributed by atoms with Gasteiger partial charge in [0, 0.05) is 5.02 Å². The summed E-state index contributed by atoms with van der Waals surface area (Å²) in [4.78, 5) is 24.5. The van der Waals surface area contributed by atoms with Gasteiger partial charge in [0.2, 0.25) is 5.91 Å². The molecule has 0 aliphatic rings. The van der Waals surface area contributed by atoms with Crippen molar-refractivity contribution in [1.29, 1.82) is 0 Å². The number of halogens is 2. The van der Waals surface area contributed by atoms with E-state index < -0.39 is 5.91 Å². The van der Waals surface area contributed by atoms with Crippen LogP contribution in [0, 0.1) is 5.92 Å². The minimum Gasteiger partial charge on any atom is -0.493 e. The van der Waals surface area contributed by atoms with E-state index in [2.05, 4.69) is 24.5 Å². The summed E-state index contributed by atoms with van der Waals surface area (Å²) in [6.07, 6.45) is 0. The van der Waals surface area contributed by atoms with Gasteiger partial charge in [0.25, 0.3) is 5.91 Å². The quantitative estimate of drug-likeness (QED) is 0.580. The molecule has 2 aromatic carbocycles. The van der Waals surface area contributed by atoms with Crippen LogP contribution in [-0.4, -0.2) is 32.1 Å². The lowest BCUT2D eigenvalue weighted by molar-refractivity contribution is -0.120. The first kappa shape index (κ1) is 23.8. The van der Waals surface area contributed by atoms with Crippen molar-refractivity contribution >= 4 is 35.0 Å². The van der Waals surface area contributed by atoms with Gasteiger partial charge in [-0.25, -0.2) is 0 Å². The summed E-state index contributed by atoms with van der Waals surface area (Å²) < 4.78 is 11.2. The fraction of sp³-hybridized carbons (Fsp3) is 0.364. The predicted molar refractivity (Wildman–Crippen MR) is 119 cm³/mol. The molecule has 1 atom stereocenters. The lowest BCUT2D eigenvalue weighted by Crippen LogP contribution is -2.38. The van der Waals surface area contributed by atoms with Crippen LogP contribution in [0.4, 0.5) is 0 Å². The first-order chi connectivity index (χ1) is 14.2. The molecule has 2 amide bonds. The molecule has 0 fully saturated rings. The van der Waals surface area contributed by atoms with E-state index in [1.165, 1.54) is 12.1 Å². The monoisotopic (exact) mass is 452 g/mol. The number of methoxy groups -OCH3 is 1. The maximum absolute atomic E-state index is 12.3. The zero-order chi connectivity index (χ0) is 22.3. The van der Waals surface area contributed by atoms with E-state index in [9.17, 15) is 9.59 Å². The van der Waals surface area contributed by atoms with Gasteiger partial charge in [0.1, 0.15) is 0 Å². The van der Waals surface area contributed by atoms with Gasteiger partial charge in [-0.1, -0.05) is 43.1 Å². The molecule has 0 bridgehead atoms. The highest BCUT2D eigenvalue weighted by atomic mass is 35.5. The molecule has 0 aromatic heterocycles. The van der Waals surface area contributed by atoms with E-state index in [0.717, 1.165) is 5.56 Å². The molecule has 2 N–H and O–H groups in total. The topological polar surface area (TPSA) is 76.7 Å². The zero-order valence-electron chi connectivity index (χ0n) is 17.4. The Kier molecular flexibility index (Phi) is 8.81. The molecule has 2 aromatic rings. The smallest absolute Gasteiger partial charge is 0.253 e. The summed E-state index contributed by atoms with van der Waals surface area (Å²) in [5, 5.41) is 6.05. The lowest BCUT2D eigenvalue weighted by atomic mass is 10.1. The highest BCUT2D eigenvalue weighted by Crippen LogP contribution is 2.30. The van der Waals surface area contributed by atoms with E-state index in [4.69, 9.17) is 32.7 Å². The maximum atomic E-state index is 12.3. The van der Waals surface area contributed by atoms with Crippen molar-refractivity contribution in [2.45, 2.75) is 26.8 Å². The third-order valence-corrected chi connectivity index (χ3v) is 4.77. The number of ether oxygens (including phenoxy) is 2. The number of nitrogens with one attached hydrogen (secondary N) is 2. The summed E-state index contributed by atoms with van der Waals surface area (Å²) in [6, 6.07) is 9.77. The van der Waals surface area contributed by atoms with Crippen molar-refractivity contribution in [3.05, 3.63) is 57.6 Å². The third kappa shape index (κ3) is 6.82. The number of amides is 2. The Balaban J connectivity index is 1.94. The van der Waals surface area contributed by atoms with Crippen LogP contribution in [0.15, 0.2) is 36.4 Å². The van der Waals surface area contributed by atoms with Gasteiger partial charge in [-0.15, -0.1) is 0 Å². The van der Waals surface area contributed by atoms with Crippen LogP contribution >= 0.6 is 23.2 Å². The standard InChI is InChI=1S/C22H26Cl2N2O4/c1-13(2)12-30-19-8-5-15(9-20(19)29-4)14(3)26-21(27)11-25-22(28)17-7-6-16(23)10-18(17)24/h5-10,13-14H,11-12H2,1-4H3,(H,25,28)(H,26,27). The molecule has 6 nitrogen and oxygen atoms in total. The first-order valence-electron chi connectivity index (χ1n) is 9.54. The van der Waals surface area contributed by atoms with Gasteiger partial charge in [-0.2, -0.15) is 0 Å². The van der Waals surface area contributed by atoms with Crippen LogP contribution in [0.5, 0.6) is 11.5 Å². The molecular formula is C22H26Cl2N2O4. The molecule has 0 aliphatic carbocycles. The number of carbonyl (C=O) groups is 2. The van der Waals surface area contributed by atoms with Gasteiger partial charge >= 0.3 is 0 Å². The van der Waals surface area contributed by atoms with Gasteiger partial charge < -0.3 is 20.1 Å². The molecule has 0 saturated heterocycles. The SMILES string of the molecule is COc1cc(C(C)NC(=O)CNC(=O)c2ccc(Cl)cc2Cl)ccc1OCC(C)C. The third-order valence-electron chi connectivity index (χ3n) is 4.22. The first-order valence-corrected chi connectivity index (χ1v) is 10.3. The Bertz CT molecular complexity index is 903. The molecule has 0 aliphatic heterocycles. The molecule has 30 heavy (non-hydrogen) atoms. The fourth-order valence-electron chi connectivity index (χ4n) is 2.63. The number of benzene rings is 2. The summed E-state index contributed by atoms with van der Waals surface area (Å²) >= 11 is 11.8. The van der Waals surface area contributed by atoms with Crippen LogP contribution in [0.2, 0.25) is 10.0 Å². The predicted octanol–water partition coefficient (Wildman–Crippen LogP) is 4.64. The van der Waals surface area contributed by atoms with E-state index in [0.29, 0.717) is 29.0 Å². The summed E-state index contributed by atoms with van der Waals surface area (Å²) in [5.74, 6) is 0.860. The van der Waals surface area contributed by atoms with Gasteiger partial charge in [-0.05, 0) is 48.7 Å². The van der Waals surface area contributed by atoms with Crippen molar-refractivity contribution < 1.29 is 19.1 Å². The lowest BCUT2D eigenvalue weighted by Gasteiger charge is -2.18. The summed E-state index contributed by atoms with van der Waals surface area (Å²) in [7, 11) is 1.57. The Hall–Kier alpha value is -2.44. The van der Waals surface area contributed by atoms with E-state index >= 15 is 0 Å². The fourth-order valence-corrected chi connectivity index (χ4v) is 3.13. The van der Waals surface area contributed by atoms with Crippen LogP contribution < -0.4 is 20.1 Å². The number of rotatable bonds is 9. The molecule has 0 radical (unpaired) electrons. The Morgan fingerprint density at radius 3 is 2.40 bits per heavy atom. The second-order valence-electron chi connectivity index (χ2n) is 7.21. The Morgan fingerprint density at radius 2 is 1.77 bits per heavy atom. The van der Waals surface area contributed by atoms with E-state index in [1.54, 1.807) is 13.2 Å². The van der Waals surface area contributed by atoms with Crippen LogP contribution in [-0.2, 0) is 4.79 Å². The highest BCUT2D eigenvalue weighted by molar-refractivity contribution is 6.36. The molecular weight excluding hydrogens is 427 g/mol. The number of carbonyl (C=O) groups excluding carboxylic acids is 2. The molecule has 8 heteroatoms. The number of hydrogen-bond donors (Lipinski definition) is 2. The molecule has 162 valence electrons. The minimum atomic E-state index is -0.451. The Morgan fingerprint density at radius 1 is 1.03 bits per heavy atom. The second-order valence-corrected chi connectivity index (χ2v) is 8.05.